The molecule has 0 radical (unpaired) electrons. The Kier molecular flexibility index (Phi) is 6.97. The van der Waals surface area contributed by atoms with Crippen molar-refractivity contribution in [2.75, 3.05) is 10.7 Å². The lowest BCUT2D eigenvalue weighted by atomic mass is 10.1. The van der Waals surface area contributed by atoms with Crippen molar-refractivity contribution in [3.63, 3.8) is 0 Å². The lowest BCUT2D eigenvalue weighted by Gasteiger charge is -2.22. The molecule has 5 heteroatoms. The van der Waals surface area contributed by atoms with E-state index in [1.807, 2.05) is 127 Å². The van der Waals surface area contributed by atoms with Crippen LogP contribution in [0.5, 0.6) is 0 Å². The fourth-order valence-corrected chi connectivity index (χ4v) is 4.49. The van der Waals surface area contributed by atoms with Gasteiger partial charge in [-0.15, -0.1) is 0 Å². The number of anilines is 2. The molecule has 0 fully saturated rings. The molecule has 4 aromatic carbocycles. The molecular formula is C30H23N3OS. The molecule has 0 saturated carbocycles. The second-order valence-electron chi connectivity index (χ2n) is 7.84. The van der Waals surface area contributed by atoms with Crippen molar-refractivity contribution in [2.45, 2.75) is 5.16 Å². The van der Waals surface area contributed by atoms with Crippen molar-refractivity contribution in [3.8, 4) is 22.5 Å². The van der Waals surface area contributed by atoms with E-state index in [2.05, 4.69) is 0 Å². The molecule has 1 amide bonds. The molecule has 0 saturated heterocycles. The van der Waals surface area contributed by atoms with Crippen molar-refractivity contribution in [3.05, 3.63) is 127 Å². The zero-order valence-electron chi connectivity index (χ0n) is 19.0. The summed E-state index contributed by atoms with van der Waals surface area (Å²) in [6, 6.07) is 41.5. The summed E-state index contributed by atoms with van der Waals surface area (Å²) in [5.41, 5.74) is 5.34. The highest BCUT2D eigenvalue weighted by Crippen LogP contribution is 2.29. The number of nitrogens with zero attached hydrogens (tertiary/aromatic N) is 3. The van der Waals surface area contributed by atoms with Crippen molar-refractivity contribution in [1.29, 1.82) is 0 Å². The Morgan fingerprint density at radius 3 is 1.43 bits per heavy atom. The number of hydrogen-bond donors (Lipinski definition) is 0. The maximum Gasteiger partial charge on any atom is 0.242 e. The minimum absolute atomic E-state index is 0.0395. The van der Waals surface area contributed by atoms with Gasteiger partial charge < -0.3 is 0 Å². The van der Waals surface area contributed by atoms with Gasteiger partial charge in [-0.05, 0) is 30.3 Å². The Labute approximate surface area is 209 Å². The van der Waals surface area contributed by atoms with Gasteiger partial charge in [-0.3, -0.25) is 9.69 Å². The molecule has 0 bridgehead atoms. The van der Waals surface area contributed by atoms with Crippen molar-refractivity contribution < 1.29 is 4.79 Å². The van der Waals surface area contributed by atoms with Crippen molar-refractivity contribution in [1.82, 2.24) is 9.97 Å². The van der Waals surface area contributed by atoms with Crippen LogP contribution in [0, 0.1) is 0 Å². The Morgan fingerprint density at radius 1 is 0.600 bits per heavy atom. The first-order chi connectivity index (χ1) is 17.3. The molecule has 1 heterocycles. The summed E-state index contributed by atoms with van der Waals surface area (Å²) in [6.45, 7) is 0. The van der Waals surface area contributed by atoms with E-state index in [9.17, 15) is 4.79 Å². The number of carbonyl (C=O) groups excluding carboxylic acids is 1. The lowest BCUT2D eigenvalue weighted by Crippen LogP contribution is -2.27. The summed E-state index contributed by atoms with van der Waals surface area (Å²) in [5, 5.41) is 0.569. The van der Waals surface area contributed by atoms with Crippen LogP contribution in [-0.4, -0.2) is 21.6 Å². The molecule has 35 heavy (non-hydrogen) atoms. The first-order valence-electron chi connectivity index (χ1n) is 11.3. The maximum atomic E-state index is 13.5. The number of hydrogen-bond acceptors (Lipinski definition) is 4. The molecule has 0 aliphatic heterocycles. The van der Waals surface area contributed by atoms with Crippen molar-refractivity contribution >= 4 is 29.0 Å². The topological polar surface area (TPSA) is 46.1 Å². The van der Waals surface area contributed by atoms with Crippen LogP contribution in [0.2, 0.25) is 0 Å². The lowest BCUT2D eigenvalue weighted by molar-refractivity contribution is -0.115. The van der Waals surface area contributed by atoms with Crippen LogP contribution in [0.3, 0.4) is 0 Å². The van der Waals surface area contributed by atoms with Crippen LogP contribution in [0.4, 0.5) is 11.4 Å². The second kappa shape index (κ2) is 10.8. The van der Waals surface area contributed by atoms with Gasteiger partial charge in [0.1, 0.15) is 0 Å². The predicted octanol–water partition coefficient (Wildman–Crippen LogP) is 7.27. The molecule has 0 aliphatic rings. The van der Waals surface area contributed by atoms with E-state index >= 15 is 0 Å². The Morgan fingerprint density at radius 2 is 1.00 bits per heavy atom. The van der Waals surface area contributed by atoms with Gasteiger partial charge in [-0.2, -0.15) is 0 Å². The average Bonchev–Trinajstić information content (AvgIpc) is 2.94. The third-order valence-corrected chi connectivity index (χ3v) is 6.28. The first-order valence-corrected chi connectivity index (χ1v) is 12.3. The van der Waals surface area contributed by atoms with Crippen LogP contribution in [0.15, 0.2) is 133 Å². The molecule has 5 rings (SSSR count). The minimum atomic E-state index is -0.0395. The highest BCUT2D eigenvalue weighted by atomic mass is 32.2. The SMILES string of the molecule is O=C(CSc1nc(-c2ccccc2)cc(-c2ccccc2)n1)N(c1ccccc1)c1ccccc1. The molecular weight excluding hydrogens is 450 g/mol. The molecule has 0 atom stereocenters. The van der Waals surface area contributed by atoms with Gasteiger partial charge in [-0.1, -0.05) is 109 Å². The molecule has 0 spiro atoms. The quantitative estimate of drug-likeness (QED) is 0.184. The van der Waals surface area contributed by atoms with Gasteiger partial charge in [0, 0.05) is 22.5 Å². The fraction of sp³-hybridized carbons (Fsp3) is 0.0333. The van der Waals surface area contributed by atoms with Gasteiger partial charge >= 0.3 is 0 Å². The van der Waals surface area contributed by atoms with E-state index in [0.29, 0.717) is 5.16 Å². The van der Waals surface area contributed by atoms with Gasteiger partial charge in [-0.25, -0.2) is 9.97 Å². The monoisotopic (exact) mass is 473 g/mol. The Bertz CT molecular complexity index is 1300. The Hall–Kier alpha value is -4.22. The summed E-state index contributed by atoms with van der Waals surface area (Å²) in [5.74, 6) is 0.165. The van der Waals surface area contributed by atoms with Crippen LogP contribution >= 0.6 is 11.8 Å². The van der Waals surface area contributed by atoms with E-state index in [1.54, 1.807) is 4.90 Å². The summed E-state index contributed by atoms with van der Waals surface area (Å²) in [6.07, 6.45) is 0. The molecule has 0 aliphatic carbocycles. The van der Waals surface area contributed by atoms with Crippen molar-refractivity contribution in [2.24, 2.45) is 0 Å². The molecule has 0 N–H and O–H groups in total. The minimum Gasteiger partial charge on any atom is -0.280 e. The van der Waals surface area contributed by atoms with E-state index in [0.717, 1.165) is 33.9 Å². The fourth-order valence-electron chi connectivity index (χ4n) is 3.79. The smallest absolute Gasteiger partial charge is 0.242 e. The van der Waals surface area contributed by atoms with Gasteiger partial charge in [0.15, 0.2) is 5.16 Å². The highest BCUT2D eigenvalue weighted by molar-refractivity contribution is 7.99. The Balaban J connectivity index is 1.45. The van der Waals surface area contributed by atoms with E-state index in [-0.39, 0.29) is 11.7 Å². The van der Waals surface area contributed by atoms with Crippen LogP contribution in [0.1, 0.15) is 0 Å². The third-order valence-electron chi connectivity index (χ3n) is 5.45. The average molecular weight is 474 g/mol. The zero-order chi connectivity index (χ0) is 23.9. The summed E-state index contributed by atoms with van der Waals surface area (Å²) < 4.78 is 0. The normalized spacial score (nSPS) is 10.6. The maximum absolute atomic E-state index is 13.5. The molecule has 0 unspecified atom stereocenters. The molecule has 1 aromatic heterocycles. The number of amides is 1. The summed E-state index contributed by atoms with van der Waals surface area (Å²) in [4.78, 5) is 24.8. The number of thioether (sulfide) groups is 1. The largest absolute Gasteiger partial charge is 0.280 e. The highest BCUT2D eigenvalue weighted by Gasteiger charge is 2.19. The number of aromatic nitrogens is 2. The van der Waals surface area contributed by atoms with Crippen LogP contribution in [0.25, 0.3) is 22.5 Å². The molecule has 5 aromatic rings. The number of benzene rings is 4. The summed E-state index contributed by atoms with van der Waals surface area (Å²) in [7, 11) is 0. The van der Waals surface area contributed by atoms with Gasteiger partial charge in [0.05, 0.1) is 17.1 Å². The number of para-hydroxylation sites is 2. The van der Waals surface area contributed by atoms with E-state index in [1.165, 1.54) is 11.8 Å². The first kappa shape index (κ1) is 22.6. The molecule has 170 valence electrons. The van der Waals surface area contributed by atoms with E-state index in [4.69, 9.17) is 9.97 Å². The van der Waals surface area contributed by atoms with Crippen LogP contribution < -0.4 is 4.90 Å². The van der Waals surface area contributed by atoms with Crippen LogP contribution in [-0.2, 0) is 4.79 Å². The second-order valence-corrected chi connectivity index (χ2v) is 8.78. The number of carbonyl (C=O) groups is 1. The standard InChI is InChI=1S/C30H23N3OS/c34-29(33(25-17-9-3-10-18-25)26-19-11-4-12-20-26)22-35-30-31-27(23-13-5-1-6-14-23)21-28(32-30)24-15-7-2-8-16-24/h1-21H,22H2. The zero-order valence-corrected chi connectivity index (χ0v) is 19.8. The van der Waals surface area contributed by atoms with Gasteiger partial charge in [0.2, 0.25) is 5.91 Å². The third kappa shape index (κ3) is 5.48. The number of rotatable bonds is 7. The van der Waals surface area contributed by atoms with E-state index < -0.39 is 0 Å². The predicted molar refractivity (Wildman–Crippen MR) is 144 cm³/mol. The summed E-state index contributed by atoms with van der Waals surface area (Å²) >= 11 is 1.35. The van der Waals surface area contributed by atoms with Gasteiger partial charge in [0.25, 0.3) is 0 Å². The molecule has 4 nitrogen and oxygen atoms in total.